The second-order valence-electron chi connectivity index (χ2n) is 6.98. The Kier molecular flexibility index (Phi) is 5.70. The van der Waals surface area contributed by atoms with Crippen molar-refractivity contribution in [2.75, 3.05) is 17.2 Å². The summed E-state index contributed by atoms with van der Waals surface area (Å²) in [6.07, 6.45) is 2.48. The normalized spacial score (nSPS) is 15.4. The fraction of sp³-hybridized carbons (Fsp3) is 0.286. The van der Waals surface area contributed by atoms with E-state index in [-0.39, 0.29) is 5.75 Å². The Morgan fingerprint density at radius 1 is 1.21 bits per heavy atom. The Balaban J connectivity index is 1.73. The summed E-state index contributed by atoms with van der Waals surface area (Å²) in [7, 11) is -4.21. The number of benzene rings is 2. The fourth-order valence-corrected chi connectivity index (χ4v) is 6.37. The van der Waals surface area contributed by atoms with E-state index in [1.807, 2.05) is 13.0 Å². The summed E-state index contributed by atoms with van der Waals surface area (Å²) in [5.74, 6) is -0.347. The zero-order chi connectivity index (χ0) is 20.6. The largest absolute Gasteiger partial charge is 0.748 e. The molecule has 3 aromatic rings. The van der Waals surface area contributed by atoms with Crippen molar-refractivity contribution in [1.82, 2.24) is 0 Å². The Hall–Kier alpha value is -1.87. The number of para-hydroxylation sites is 1. The lowest BCUT2D eigenvalue weighted by Gasteiger charge is -2.21. The van der Waals surface area contributed by atoms with Gasteiger partial charge in [0.25, 0.3) is 5.01 Å². The number of anilines is 1. The van der Waals surface area contributed by atoms with Crippen LogP contribution < -0.4 is 9.47 Å². The molecule has 8 heteroatoms. The molecule has 29 heavy (non-hydrogen) atoms. The molecule has 0 saturated carbocycles. The highest BCUT2D eigenvalue weighted by Crippen LogP contribution is 2.47. The van der Waals surface area contributed by atoms with Gasteiger partial charge in [-0.05, 0) is 44.0 Å². The van der Waals surface area contributed by atoms with E-state index in [9.17, 15) is 13.0 Å². The molecule has 1 aromatic heterocycles. The van der Waals surface area contributed by atoms with E-state index in [1.165, 1.54) is 10.2 Å². The molecule has 2 heterocycles. The first kappa shape index (κ1) is 20.4. The molecule has 1 aliphatic rings. The third kappa shape index (κ3) is 4.35. The number of aryl methyl sites for hydroxylation is 2. The monoisotopic (exact) mass is 446 g/mol. The van der Waals surface area contributed by atoms with E-state index in [2.05, 4.69) is 58.9 Å². The molecule has 0 aliphatic carbocycles. The van der Waals surface area contributed by atoms with Crippen LogP contribution in [0.25, 0.3) is 16.3 Å². The molecule has 0 fully saturated rings. The van der Waals surface area contributed by atoms with Gasteiger partial charge < -0.3 is 9.45 Å². The van der Waals surface area contributed by atoms with Crippen LogP contribution in [0.5, 0.6) is 0 Å². The molecule has 0 bridgehead atoms. The Labute approximate surface area is 179 Å². The first-order valence-electron chi connectivity index (χ1n) is 9.48. The lowest BCUT2D eigenvalue weighted by molar-refractivity contribution is -0.665. The standard InChI is InChI=1S/C21H22N2O3S3/c1-3-22-16-7-4-5-8-18(16)27-20(22)14-21-23(11-6-12-29(24,25)26)17-13-15(2)9-10-19(17)28-21/h4-5,7-10,13-14H,3,6,11-12H2,1-2H3. The highest BCUT2D eigenvalue weighted by atomic mass is 32.2. The Bertz CT molecular complexity index is 1200. The van der Waals surface area contributed by atoms with Crippen molar-refractivity contribution in [2.24, 2.45) is 0 Å². The minimum Gasteiger partial charge on any atom is -0.748 e. The number of rotatable bonds is 6. The second-order valence-corrected chi connectivity index (χ2v) is 10.6. The van der Waals surface area contributed by atoms with E-state index in [1.54, 1.807) is 23.1 Å². The molecule has 152 valence electrons. The number of nitrogens with zero attached hydrogens (tertiary/aromatic N) is 2. The molecule has 0 radical (unpaired) electrons. The summed E-state index contributed by atoms with van der Waals surface area (Å²) >= 11 is 3.44. The van der Waals surface area contributed by atoms with Crippen molar-refractivity contribution in [3.05, 3.63) is 58.1 Å². The van der Waals surface area contributed by atoms with Crippen molar-refractivity contribution in [3.8, 4) is 0 Å². The van der Waals surface area contributed by atoms with Gasteiger partial charge in [-0.25, -0.2) is 8.42 Å². The molecule has 2 aromatic carbocycles. The van der Waals surface area contributed by atoms with Crippen molar-refractivity contribution in [1.29, 1.82) is 0 Å². The highest BCUT2D eigenvalue weighted by Gasteiger charge is 2.27. The molecule has 0 atom stereocenters. The van der Waals surface area contributed by atoms with Gasteiger partial charge in [0, 0.05) is 23.3 Å². The quantitative estimate of drug-likeness (QED) is 0.416. The van der Waals surface area contributed by atoms with Gasteiger partial charge in [-0.2, -0.15) is 4.57 Å². The average molecular weight is 447 g/mol. The Morgan fingerprint density at radius 2 is 2.00 bits per heavy atom. The maximum Gasteiger partial charge on any atom is 0.265 e. The summed E-state index contributed by atoms with van der Waals surface area (Å²) in [6.45, 7) is 5.55. The number of aromatic nitrogens is 1. The zero-order valence-electron chi connectivity index (χ0n) is 16.3. The molecule has 0 saturated heterocycles. The summed E-state index contributed by atoms with van der Waals surface area (Å²) < 4.78 is 36.7. The van der Waals surface area contributed by atoms with E-state index in [0.29, 0.717) is 13.0 Å². The molecule has 0 amide bonds. The van der Waals surface area contributed by atoms with Crippen LogP contribution >= 0.6 is 23.1 Å². The van der Waals surface area contributed by atoms with Crippen LogP contribution in [-0.4, -0.2) is 25.3 Å². The van der Waals surface area contributed by atoms with Gasteiger partial charge in [-0.1, -0.05) is 41.3 Å². The number of hydrogen-bond donors (Lipinski definition) is 0. The third-order valence-corrected chi connectivity index (χ3v) is 7.88. The lowest BCUT2D eigenvalue weighted by atomic mass is 10.2. The van der Waals surface area contributed by atoms with Gasteiger partial charge >= 0.3 is 0 Å². The summed E-state index contributed by atoms with van der Waals surface area (Å²) in [4.78, 5) is 3.29. The van der Waals surface area contributed by atoms with Crippen molar-refractivity contribution >= 4 is 55.2 Å². The van der Waals surface area contributed by atoms with E-state index in [4.69, 9.17) is 0 Å². The average Bonchev–Trinajstić information content (AvgIpc) is 3.18. The molecule has 0 spiro atoms. The van der Waals surface area contributed by atoms with Crippen molar-refractivity contribution in [2.45, 2.75) is 31.7 Å². The van der Waals surface area contributed by atoms with Crippen LogP contribution in [0.2, 0.25) is 0 Å². The van der Waals surface area contributed by atoms with Crippen molar-refractivity contribution in [3.63, 3.8) is 0 Å². The molecule has 0 N–H and O–H groups in total. The summed E-state index contributed by atoms with van der Waals surface area (Å²) in [6, 6.07) is 14.7. The van der Waals surface area contributed by atoms with Crippen LogP contribution in [0.1, 0.15) is 23.9 Å². The van der Waals surface area contributed by atoms with Gasteiger partial charge in [0.2, 0.25) is 5.52 Å². The summed E-state index contributed by atoms with van der Waals surface area (Å²) in [5.41, 5.74) is 3.44. The van der Waals surface area contributed by atoms with Crippen molar-refractivity contribution < 1.29 is 17.5 Å². The fourth-order valence-electron chi connectivity index (χ4n) is 3.54. The van der Waals surface area contributed by atoms with Gasteiger partial charge in [0.05, 0.1) is 26.9 Å². The number of thioether (sulfide) groups is 1. The maximum absolute atomic E-state index is 11.1. The minimum atomic E-state index is -4.21. The topological polar surface area (TPSA) is 64.3 Å². The summed E-state index contributed by atoms with van der Waals surface area (Å²) in [5, 5.41) is 2.21. The molecular weight excluding hydrogens is 424 g/mol. The van der Waals surface area contributed by atoms with E-state index >= 15 is 0 Å². The van der Waals surface area contributed by atoms with E-state index in [0.717, 1.165) is 32.7 Å². The molecule has 0 unspecified atom stereocenters. The van der Waals surface area contributed by atoms with Crippen LogP contribution in [0.15, 0.2) is 52.4 Å². The minimum absolute atomic E-state index is 0.303. The maximum atomic E-state index is 11.1. The predicted octanol–water partition coefficient (Wildman–Crippen LogP) is 4.36. The highest BCUT2D eigenvalue weighted by molar-refractivity contribution is 8.03. The van der Waals surface area contributed by atoms with Gasteiger partial charge in [-0.15, -0.1) is 0 Å². The van der Waals surface area contributed by atoms with Crippen LogP contribution in [-0.2, 0) is 16.7 Å². The van der Waals surface area contributed by atoms with Crippen LogP contribution in [0, 0.1) is 6.92 Å². The Morgan fingerprint density at radius 3 is 2.76 bits per heavy atom. The van der Waals surface area contributed by atoms with Gasteiger partial charge in [0.1, 0.15) is 11.2 Å². The lowest BCUT2D eigenvalue weighted by Crippen LogP contribution is -2.33. The molecule has 1 aliphatic heterocycles. The smallest absolute Gasteiger partial charge is 0.265 e. The predicted molar refractivity (Wildman–Crippen MR) is 119 cm³/mol. The first-order valence-corrected chi connectivity index (χ1v) is 12.7. The zero-order valence-corrected chi connectivity index (χ0v) is 18.7. The SMILES string of the molecule is CC[n+]1c(/C=C2/Sc3ccc(C)cc3N2CCCS(=O)(=O)[O-])sc2ccccc21. The molecule has 4 rings (SSSR count). The number of thiazole rings is 1. The number of fused-ring (bicyclic) bond motifs is 2. The third-order valence-electron chi connectivity index (χ3n) is 4.86. The van der Waals surface area contributed by atoms with Gasteiger partial charge in [0.15, 0.2) is 0 Å². The van der Waals surface area contributed by atoms with Gasteiger partial charge in [-0.3, -0.25) is 0 Å². The molecule has 5 nitrogen and oxygen atoms in total. The first-order chi connectivity index (χ1) is 13.9. The van der Waals surface area contributed by atoms with Crippen LogP contribution in [0.3, 0.4) is 0 Å². The van der Waals surface area contributed by atoms with E-state index < -0.39 is 10.1 Å². The van der Waals surface area contributed by atoms with Crippen LogP contribution in [0.4, 0.5) is 5.69 Å². The second kappa shape index (κ2) is 8.10. The molecular formula is C21H22N2O3S3. The number of hydrogen-bond acceptors (Lipinski definition) is 6.